The highest BCUT2D eigenvalue weighted by Gasteiger charge is 2.20. The molecule has 0 saturated carbocycles. The predicted octanol–water partition coefficient (Wildman–Crippen LogP) is 2.67. The van der Waals surface area contributed by atoms with E-state index in [9.17, 15) is 28.1 Å². The van der Waals surface area contributed by atoms with E-state index < -0.39 is 38.4 Å². The van der Waals surface area contributed by atoms with Gasteiger partial charge in [-0.2, -0.15) is 0 Å². The quantitative estimate of drug-likeness (QED) is 0.413. The number of carbonyl (C=O) groups excluding carboxylic acids is 2. The van der Waals surface area contributed by atoms with Gasteiger partial charge in [-0.15, -0.1) is 0 Å². The van der Waals surface area contributed by atoms with Gasteiger partial charge in [0.05, 0.1) is 28.0 Å². The molecule has 2 rings (SSSR count). The van der Waals surface area contributed by atoms with Gasteiger partial charge in [0.2, 0.25) is 0 Å². The summed E-state index contributed by atoms with van der Waals surface area (Å²) in [5.41, 5.74) is 0.0610. The zero-order valence-electron chi connectivity index (χ0n) is 16.0. The molecule has 0 aliphatic heterocycles. The number of nitrogens with one attached hydrogen (secondary N) is 1. The highest BCUT2D eigenvalue weighted by molar-refractivity contribution is 7.90. The van der Waals surface area contributed by atoms with Crippen molar-refractivity contribution in [3.8, 4) is 0 Å². The van der Waals surface area contributed by atoms with Crippen LogP contribution in [-0.2, 0) is 14.6 Å². The van der Waals surface area contributed by atoms with Gasteiger partial charge < -0.3 is 10.1 Å². The van der Waals surface area contributed by atoms with Crippen LogP contribution < -0.4 is 5.32 Å². The van der Waals surface area contributed by atoms with Gasteiger partial charge >= 0.3 is 5.97 Å². The number of esters is 1. The number of ether oxygens (including phenoxy) is 1. The fourth-order valence-electron chi connectivity index (χ4n) is 2.55. The third kappa shape index (κ3) is 5.61. The summed E-state index contributed by atoms with van der Waals surface area (Å²) < 4.78 is 27.9. The standard InChI is InChI=1S/C19H20N2O7S/c1-4-28-19(23)15-9-14(10-16(11-15)21(24)25)18(22)20-12(2)13-5-7-17(8-6-13)29(3,26)27/h5-12H,4H2,1-3H3,(H,20,22). The molecule has 1 amide bonds. The Labute approximate surface area is 167 Å². The first-order valence-electron chi connectivity index (χ1n) is 8.60. The van der Waals surface area contributed by atoms with E-state index in [0.29, 0.717) is 5.56 Å². The fourth-order valence-corrected chi connectivity index (χ4v) is 3.18. The average molecular weight is 420 g/mol. The maximum absolute atomic E-state index is 12.6. The Morgan fingerprint density at radius 1 is 1.14 bits per heavy atom. The first kappa shape index (κ1) is 22.0. The van der Waals surface area contributed by atoms with Crippen molar-refractivity contribution in [3.05, 3.63) is 69.3 Å². The molecule has 154 valence electrons. The number of non-ortho nitro benzene ring substituents is 1. The molecule has 1 atom stereocenters. The molecule has 0 aliphatic rings. The molecule has 9 nitrogen and oxygen atoms in total. The molecule has 0 heterocycles. The summed E-state index contributed by atoms with van der Waals surface area (Å²) in [6.07, 6.45) is 1.09. The van der Waals surface area contributed by atoms with Gasteiger partial charge in [-0.25, -0.2) is 13.2 Å². The number of nitrogens with zero attached hydrogens (tertiary/aromatic N) is 1. The lowest BCUT2D eigenvalue weighted by atomic mass is 10.1. The van der Waals surface area contributed by atoms with Crippen LogP contribution in [0.5, 0.6) is 0 Å². The van der Waals surface area contributed by atoms with Crippen LogP contribution in [-0.4, -0.2) is 38.1 Å². The van der Waals surface area contributed by atoms with Gasteiger partial charge in [-0.1, -0.05) is 12.1 Å². The molecule has 10 heteroatoms. The Balaban J connectivity index is 2.27. The topological polar surface area (TPSA) is 133 Å². The molecule has 0 saturated heterocycles. The minimum Gasteiger partial charge on any atom is -0.462 e. The molecule has 0 radical (unpaired) electrons. The van der Waals surface area contributed by atoms with Gasteiger partial charge in [0.15, 0.2) is 9.84 Å². The van der Waals surface area contributed by atoms with Crippen LogP contribution in [0.25, 0.3) is 0 Å². The lowest BCUT2D eigenvalue weighted by Crippen LogP contribution is -2.27. The number of sulfone groups is 1. The smallest absolute Gasteiger partial charge is 0.338 e. The van der Waals surface area contributed by atoms with Crippen molar-refractivity contribution < 1.29 is 27.7 Å². The molecule has 0 spiro atoms. The summed E-state index contributed by atoms with van der Waals surface area (Å²) in [5.74, 6) is -1.39. The fraction of sp³-hybridized carbons (Fsp3) is 0.263. The molecular formula is C19H20N2O7S. The van der Waals surface area contributed by atoms with Crippen molar-refractivity contribution in [2.24, 2.45) is 0 Å². The van der Waals surface area contributed by atoms with Gasteiger partial charge in [-0.3, -0.25) is 14.9 Å². The maximum Gasteiger partial charge on any atom is 0.338 e. The second-order valence-electron chi connectivity index (χ2n) is 6.28. The van der Waals surface area contributed by atoms with E-state index in [1.807, 2.05) is 0 Å². The van der Waals surface area contributed by atoms with Crippen molar-refractivity contribution in [2.75, 3.05) is 12.9 Å². The molecule has 0 fully saturated rings. The summed E-state index contributed by atoms with van der Waals surface area (Å²) in [6, 6.07) is 8.82. The SMILES string of the molecule is CCOC(=O)c1cc(C(=O)NC(C)c2ccc(S(C)(=O)=O)cc2)cc([N+](=O)[O-])c1. The minimum absolute atomic E-state index is 0.0677. The second kappa shape index (κ2) is 8.82. The van der Waals surface area contributed by atoms with E-state index in [-0.39, 0.29) is 22.6 Å². The van der Waals surface area contributed by atoms with E-state index >= 15 is 0 Å². The molecule has 0 aliphatic carbocycles. The van der Waals surface area contributed by atoms with E-state index in [2.05, 4.69) is 5.32 Å². The van der Waals surface area contributed by atoms with E-state index in [1.54, 1.807) is 26.0 Å². The molecule has 2 aromatic rings. The third-order valence-corrected chi connectivity index (χ3v) is 5.19. The zero-order valence-corrected chi connectivity index (χ0v) is 16.9. The average Bonchev–Trinajstić information content (AvgIpc) is 2.67. The lowest BCUT2D eigenvalue weighted by molar-refractivity contribution is -0.384. The Hall–Kier alpha value is -3.27. The van der Waals surface area contributed by atoms with Crippen LogP contribution in [0.1, 0.15) is 46.2 Å². The van der Waals surface area contributed by atoms with Crippen molar-refractivity contribution in [2.45, 2.75) is 24.8 Å². The number of amides is 1. The summed E-state index contributed by atoms with van der Waals surface area (Å²) in [7, 11) is -3.34. The third-order valence-electron chi connectivity index (χ3n) is 4.06. The van der Waals surface area contributed by atoms with Crippen molar-refractivity contribution >= 4 is 27.4 Å². The summed E-state index contributed by atoms with van der Waals surface area (Å²) in [6.45, 7) is 3.36. The van der Waals surface area contributed by atoms with Gasteiger partial charge in [0, 0.05) is 24.0 Å². The van der Waals surface area contributed by atoms with Crippen molar-refractivity contribution in [1.82, 2.24) is 5.32 Å². The van der Waals surface area contributed by atoms with Gasteiger partial charge in [-0.05, 0) is 37.6 Å². The monoisotopic (exact) mass is 420 g/mol. The van der Waals surface area contributed by atoms with E-state index in [4.69, 9.17) is 4.74 Å². The molecular weight excluding hydrogens is 400 g/mol. The Morgan fingerprint density at radius 2 is 1.72 bits per heavy atom. The lowest BCUT2D eigenvalue weighted by Gasteiger charge is -2.15. The zero-order chi connectivity index (χ0) is 21.8. The molecule has 1 N–H and O–H groups in total. The number of nitro groups is 1. The van der Waals surface area contributed by atoms with Crippen LogP contribution in [0.4, 0.5) is 5.69 Å². The predicted molar refractivity (Wildman–Crippen MR) is 104 cm³/mol. The first-order chi connectivity index (χ1) is 13.5. The highest BCUT2D eigenvalue weighted by atomic mass is 32.2. The summed E-state index contributed by atoms with van der Waals surface area (Å²) in [5, 5.41) is 13.8. The van der Waals surface area contributed by atoms with Crippen molar-refractivity contribution in [3.63, 3.8) is 0 Å². The first-order valence-corrected chi connectivity index (χ1v) is 10.5. The normalized spacial score (nSPS) is 12.1. The second-order valence-corrected chi connectivity index (χ2v) is 8.30. The van der Waals surface area contributed by atoms with E-state index in [0.717, 1.165) is 18.4 Å². The molecule has 0 aromatic heterocycles. The molecule has 0 bridgehead atoms. The Bertz CT molecular complexity index is 1050. The van der Waals surface area contributed by atoms with Gasteiger partial charge in [0.1, 0.15) is 0 Å². The van der Waals surface area contributed by atoms with Crippen LogP contribution in [0.15, 0.2) is 47.4 Å². The number of carbonyl (C=O) groups is 2. The summed E-state index contributed by atoms with van der Waals surface area (Å²) in [4.78, 5) is 35.1. The van der Waals surface area contributed by atoms with Crippen LogP contribution in [0, 0.1) is 10.1 Å². The van der Waals surface area contributed by atoms with Crippen LogP contribution in [0.2, 0.25) is 0 Å². The number of nitro benzene ring substituents is 1. The van der Waals surface area contributed by atoms with Crippen LogP contribution in [0.3, 0.4) is 0 Å². The van der Waals surface area contributed by atoms with Crippen molar-refractivity contribution in [1.29, 1.82) is 0 Å². The number of hydrogen-bond donors (Lipinski definition) is 1. The largest absolute Gasteiger partial charge is 0.462 e. The number of rotatable bonds is 7. The highest BCUT2D eigenvalue weighted by Crippen LogP contribution is 2.20. The number of hydrogen-bond acceptors (Lipinski definition) is 7. The molecule has 1 unspecified atom stereocenters. The Morgan fingerprint density at radius 3 is 2.24 bits per heavy atom. The van der Waals surface area contributed by atoms with Crippen LogP contribution >= 0.6 is 0 Å². The molecule has 2 aromatic carbocycles. The minimum atomic E-state index is -3.34. The molecule has 29 heavy (non-hydrogen) atoms. The summed E-state index contributed by atoms with van der Waals surface area (Å²) >= 11 is 0. The van der Waals surface area contributed by atoms with Gasteiger partial charge in [0.25, 0.3) is 11.6 Å². The van der Waals surface area contributed by atoms with E-state index in [1.165, 1.54) is 18.2 Å². The Kier molecular flexibility index (Phi) is 6.70. The maximum atomic E-state index is 12.6. The number of benzene rings is 2.